The molecule has 3 aliphatic heterocycles. The maximum atomic E-state index is 14.5. The maximum Gasteiger partial charge on any atom is 0.410 e. The molecule has 1 saturated carbocycles. The number of halogens is 3. The fourth-order valence-electron chi connectivity index (χ4n) is 7.43. The summed E-state index contributed by atoms with van der Waals surface area (Å²) in [6.07, 6.45) is 8.58. The molecular formula is C36H44Cl2FN5O9S2. The minimum absolute atomic E-state index is 0.00303. The summed E-state index contributed by atoms with van der Waals surface area (Å²) >= 11 is 12.6. The van der Waals surface area contributed by atoms with Crippen molar-refractivity contribution in [3.63, 3.8) is 0 Å². The zero-order chi connectivity index (χ0) is 39.9. The fourth-order valence-corrected chi connectivity index (χ4v) is 10.4. The number of carbonyl (C=O) groups is 5. The van der Waals surface area contributed by atoms with Crippen LogP contribution in [0.2, 0.25) is 9.36 Å². The molecule has 3 N–H and O–H groups in total. The van der Waals surface area contributed by atoms with Gasteiger partial charge in [0.1, 0.15) is 43.7 Å². The first-order chi connectivity index (χ1) is 25.9. The summed E-state index contributed by atoms with van der Waals surface area (Å²) in [4.78, 5) is 71.5. The van der Waals surface area contributed by atoms with Gasteiger partial charge in [-0.2, -0.15) is 0 Å². The third-order valence-corrected chi connectivity index (χ3v) is 14.0. The quantitative estimate of drug-likeness (QED) is 0.335. The predicted molar refractivity (Wildman–Crippen MR) is 201 cm³/mol. The molecule has 2 aliphatic carbocycles. The second kappa shape index (κ2) is 16.1. The molecule has 3 fully saturated rings. The molecule has 2 saturated heterocycles. The van der Waals surface area contributed by atoms with Crippen LogP contribution in [0, 0.1) is 17.8 Å². The lowest BCUT2D eigenvalue weighted by molar-refractivity contribution is -0.141. The average molecular weight is 845 g/mol. The van der Waals surface area contributed by atoms with E-state index in [1.807, 2.05) is 12.2 Å². The lowest BCUT2D eigenvalue weighted by atomic mass is 9.91. The summed E-state index contributed by atoms with van der Waals surface area (Å²) in [7, 11) is -4.44. The van der Waals surface area contributed by atoms with E-state index in [0.717, 1.165) is 6.07 Å². The fraction of sp³-hybridized carbons (Fsp3) is 0.583. The summed E-state index contributed by atoms with van der Waals surface area (Å²) in [5.74, 6) is -4.02. The number of ether oxygens (including phenoxy) is 2. The van der Waals surface area contributed by atoms with Crippen molar-refractivity contribution >= 4 is 74.5 Å². The van der Waals surface area contributed by atoms with Crippen LogP contribution in [0.15, 0.2) is 46.5 Å². The number of hydrogen-bond acceptors (Lipinski definition) is 10. The van der Waals surface area contributed by atoms with Gasteiger partial charge in [0.25, 0.3) is 15.9 Å². The highest BCUT2D eigenvalue weighted by Gasteiger charge is 2.62. The van der Waals surface area contributed by atoms with Gasteiger partial charge in [-0.25, -0.2) is 27.1 Å². The molecule has 5 amide bonds. The van der Waals surface area contributed by atoms with E-state index in [4.69, 9.17) is 32.7 Å². The van der Waals surface area contributed by atoms with Gasteiger partial charge in [0.15, 0.2) is 0 Å². The minimum Gasteiger partial charge on any atom is -0.444 e. The Kier molecular flexibility index (Phi) is 12.0. The first kappa shape index (κ1) is 41.0. The molecule has 4 heterocycles. The second-order valence-electron chi connectivity index (χ2n) is 15.5. The third-order valence-electron chi connectivity index (χ3n) is 10.3. The van der Waals surface area contributed by atoms with Crippen molar-refractivity contribution in [3.8, 4) is 0 Å². The number of carbonyl (C=O) groups excluding carboxylic acids is 5. The van der Waals surface area contributed by atoms with E-state index in [1.54, 1.807) is 32.9 Å². The lowest BCUT2D eigenvalue weighted by Gasteiger charge is -2.30. The van der Waals surface area contributed by atoms with Crippen molar-refractivity contribution in [2.24, 2.45) is 17.8 Å². The number of fused-ring (bicyclic) bond motifs is 3. The van der Waals surface area contributed by atoms with Crippen LogP contribution in [0.1, 0.15) is 65.7 Å². The lowest BCUT2D eigenvalue weighted by Crippen LogP contribution is -2.58. The van der Waals surface area contributed by atoms with Gasteiger partial charge in [-0.05, 0) is 58.6 Å². The second-order valence-corrected chi connectivity index (χ2v) is 19.5. The van der Waals surface area contributed by atoms with Crippen LogP contribution in [0.25, 0.3) is 0 Å². The topological polar surface area (TPSA) is 181 Å². The number of rotatable bonds is 5. The molecule has 6 rings (SSSR count). The molecule has 14 nitrogen and oxygen atoms in total. The largest absolute Gasteiger partial charge is 0.444 e. The molecule has 1 aromatic heterocycles. The van der Waals surface area contributed by atoms with Gasteiger partial charge in [-0.3, -0.25) is 14.4 Å². The minimum atomic E-state index is -4.44. The van der Waals surface area contributed by atoms with Gasteiger partial charge in [0, 0.05) is 37.3 Å². The van der Waals surface area contributed by atoms with Crippen molar-refractivity contribution in [3.05, 3.63) is 51.6 Å². The van der Waals surface area contributed by atoms with Crippen LogP contribution in [-0.2, 0) is 33.9 Å². The number of amides is 5. The Balaban J connectivity index is 1.26. The van der Waals surface area contributed by atoms with Crippen molar-refractivity contribution in [2.75, 3.05) is 19.6 Å². The summed E-state index contributed by atoms with van der Waals surface area (Å²) in [6, 6.07) is -1.28. The van der Waals surface area contributed by atoms with E-state index in [2.05, 4.69) is 15.4 Å². The summed E-state index contributed by atoms with van der Waals surface area (Å²) < 4.78 is 54.0. The number of likely N-dealkylation sites (tertiary alicyclic amines) is 1. The molecule has 2 unspecified atom stereocenters. The number of allylic oxidation sites excluding steroid dienone is 3. The van der Waals surface area contributed by atoms with Crippen LogP contribution in [0.5, 0.6) is 0 Å². The Morgan fingerprint density at radius 3 is 2.55 bits per heavy atom. The first-order valence-corrected chi connectivity index (χ1v) is 21.2. The van der Waals surface area contributed by atoms with Crippen molar-refractivity contribution < 1.29 is 46.3 Å². The van der Waals surface area contributed by atoms with Crippen molar-refractivity contribution in [2.45, 2.75) is 99.3 Å². The van der Waals surface area contributed by atoms with Gasteiger partial charge in [-0.15, -0.1) is 11.3 Å². The van der Waals surface area contributed by atoms with Gasteiger partial charge >= 0.3 is 12.2 Å². The highest BCUT2D eigenvalue weighted by atomic mass is 35.5. The first-order valence-electron chi connectivity index (χ1n) is 18.2. The smallest absolute Gasteiger partial charge is 0.410 e. The summed E-state index contributed by atoms with van der Waals surface area (Å²) in [5.41, 5.74) is -2.55. The molecule has 5 aliphatic rings. The van der Waals surface area contributed by atoms with Crippen LogP contribution in [-0.4, -0.2) is 97.1 Å². The normalized spacial score (nSPS) is 30.4. The number of sulfonamides is 1. The predicted octanol–water partition coefficient (Wildman–Crippen LogP) is 5.23. The van der Waals surface area contributed by atoms with E-state index in [9.17, 15) is 36.8 Å². The highest BCUT2D eigenvalue weighted by molar-refractivity contribution is 7.92. The zero-order valence-electron chi connectivity index (χ0n) is 30.5. The molecule has 0 bridgehead atoms. The van der Waals surface area contributed by atoms with Crippen LogP contribution in [0.4, 0.5) is 14.0 Å². The number of thiophene rings is 1. The van der Waals surface area contributed by atoms with Crippen LogP contribution in [0.3, 0.4) is 0 Å². The number of nitrogens with one attached hydrogen (secondary N) is 3. The Hall–Kier alpha value is -3.67. The summed E-state index contributed by atoms with van der Waals surface area (Å²) in [6.45, 7) is 5.14. The highest BCUT2D eigenvalue weighted by Crippen LogP contribution is 2.46. The van der Waals surface area contributed by atoms with Crippen LogP contribution >= 0.6 is 34.5 Å². The number of alkyl carbamates (subject to hydrolysis) is 1. The van der Waals surface area contributed by atoms with E-state index in [0.29, 0.717) is 37.0 Å². The van der Waals surface area contributed by atoms with Gasteiger partial charge in [-0.1, -0.05) is 60.3 Å². The standard InChI is InChI=1S/C36H44Cl2FN5O9S2/c1-35(2,3)53-33(48)40-26-13-8-6-4-5-7-11-21-16-36(21,32(47)42-55(50,51)28-15-24(37)29(38)54-28)41-30(45)27-14-22(18-44(27)31(26)46)52-34(49)43-17-20-10-9-12-25(39)23(20)19-43/h7,9-12,15,20-23,26-27H,4-6,8,13-14,16-19H2,1-3H3,(H,40,48)(H,41,45)(H,42,47)/b11-7-/t20?,21-,22-,23?,26+,27+,36-/m1/s1. The number of hydrogen-bond donors (Lipinski definition) is 3. The Morgan fingerprint density at radius 1 is 1.09 bits per heavy atom. The van der Waals surface area contributed by atoms with E-state index in [-0.39, 0.29) is 64.2 Å². The molecule has 0 spiro atoms. The van der Waals surface area contributed by atoms with Gasteiger partial charge in [0.2, 0.25) is 11.8 Å². The molecular weight excluding hydrogens is 800 g/mol. The molecule has 0 radical (unpaired) electrons. The zero-order valence-corrected chi connectivity index (χ0v) is 33.7. The SMILES string of the molecule is CC(C)(C)OC(=O)N[C@H]1CCCCC/C=C\[C@@H]2C[C@@]2(C(=O)NS(=O)(=O)c2cc(Cl)c(Cl)s2)NC(=O)[C@@H]2C[C@@H](OC(=O)N3CC4C=CC=C(F)C4C3)CN2C1=O. The molecule has 300 valence electrons. The third kappa shape index (κ3) is 9.32. The van der Waals surface area contributed by atoms with Gasteiger partial charge < -0.3 is 29.9 Å². The average Bonchev–Trinajstić information content (AvgIpc) is 3.39. The monoisotopic (exact) mass is 843 g/mol. The van der Waals surface area contributed by atoms with Gasteiger partial charge in [0.05, 0.1) is 11.6 Å². The maximum absolute atomic E-state index is 14.5. The molecule has 19 heteroatoms. The van der Waals surface area contributed by atoms with Crippen molar-refractivity contribution in [1.29, 1.82) is 0 Å². The molecule has 7 atom stereocenters. The Bertz CT molecular complexity index is 1910. The van der Waals surface area contributed by atoms with E-state index < -0.39 is 81.1 Å². The van der Waals surface area contributed by atoms with E-state index in [1.165, 1.54) is 15.9 Å². The molecule has 1 aromatic rings. The Morgan fingerprint density at radius 2 is 1.85 bits per heavy atom. The number of nitrogens with zero attached hydrogens (tertiary/aromatic N) is 2. The molecule has 55 heavy (non-hydrogen) atoms. The van der Waals surface area contributed by atoms with E-state index >= 15 is 0 Å². The summed E-state index contributed by atoms with van der Waals surface area (Å²) in [5, 5.41) is 5.40. The molecule has 0 aromatic carbocycles. The van der Waals surface area contributed by atoms with Crippen LogP contribution < -0.4 is 15.4 Å². The van der Waals surface area contributed by atoms with Crippen molar-refractivity contribution in [1.82, 2.24) is 25.2 Å². The Labute approximate surface area is 332 Å².